The molecule has 94 valence electrons. The van der Waals surface area contributed by atoms with E-state index in [4.69, 9.17) is 10.5 Å². The Morgan fingerprint density at radius 1 is 1.53 bits per heavy atom. The van der Waals surface area contributed by atoms with Crippen molar-refractivity contribution in [3.8, 4) is 11.5 Å². The van der Waals surface area contributed by atoms with Crippen LogP contribution in [0.1, 0.15) is 18.0 Å². The summed E-state index contributed by atoms with van der Waals surface area (Å²) in [4.78, 5) is 2.31. The maximum atomic E-state index is 9.58. The van der Waals surface area contributed by atoms with Crippen molar-refractivity contribution >= 4 is 0 Å². The molecule has 0 bridgehead atoms. The van der Waals surface area contributed by atoms with Gasteiger partial charge in [-0.3, -0.25) is 4.90 Å². The zero-order chi connectivity index (χ0) is 12.4. The van der Waals surface area contributed by atoms with Crippen LogP contribution in [0, 0.1) is 5.92 Å². The molecule has 0 aromatic heterocycles. The number of hydrogen-bond acceptors (Lipinski definition) is 4. The van der Waals surface area contributed by atoms with Crippen LogP contribution in [0.5, 0.6) is 11.5 Å². The molecule has 1 heterocycles. The molecule has 1 aliphatic heterocycles. The smallest absolute Gasteiger partial charge is 0.160 e. The maximum Gasteiger partial charge on any atom is 0.160 e. The van der Waals surface area contributed by atoms with Crippen molar-refractivity contribution in [3.05, 3.63) is 23.8 Å². The van der Waals surface area contributed by atoms with Crippen LogP contribution in [0.25, 0.3) is 0 Å². The second kappa shape index (κ2) is 4.94. The summed E-state index contributed by atoms with van der Waals surface area (Å²) in [5, 5.41) is 9.58. The number of phenolic OH excluding ortho intramolecular Hbond substituents is 1. The lowest BCUT2D eigenvalue weighted by atomic mass is 9.99. The van der Waals surface area contributed by atoms with Gasteiger partial charge < -0.3 is 15.6 Å². The van der Waals surface area contributed by atoms with Crippen LogP contribution in [-0.4, -0.2) is 37.3 Å². The van der Waals surface area contributed by atoms with Crippen molar-refractivity contribution in [3.63, 3.8) is 0 Å². The number of benzene rings is 1. The number of nitrogens with zero attached hydrogens (tertiary/aromatic N) is 1. The number of methoxy groups -OCH3 is 1. The highest BCUT2D eigenvalue weighted by Crippen LogP contribution is 2.37. The van der Waals surface area contributed by atoms with Crippen LogP contribution >= 0.6 is 0 Å². The molecule has 1 fully saturated rings. The summed E-state index contributed by atoms with van der Waals surface area (Å²) < 4.78 is 5.14. The summed E-state index contributed by atoms with van der Waals surface area (Å²) >= 11 is 0. The Bertz CT molecular complexity index is 395. The summed E-state index contributed by atoms with van der Waals surface area (Å²) in [6.07, 6.45) is 1.07. The van der Waals surface area contributed by atoms with Gasteiger partial charge in [0, 0.05) is 12.6 Å². The van der Waals surface area contributed by atoms with Crippen molar-refractivity contribution < 1.29 is 9.84 Å². The summed E-state index contributed by atoms with van der Waals surface area (Å²) in [5.41, 5.74) is 6.90. The molecule has 0 aliphatic carbocycles. The molecule has 1 saturated heterocycles. The number of rotatable bonds is 3. The van der Waals surface area contributed by atoms with E-state index in [0.717, 1.165) is 19.5 Å². The average molecular weight is 236 g/mol. The van der Waals surface area contributed by atoms with Gasteiger partial charge in [0.05, 0.1) is 7.11 Å². The van der Waals surface area contributed by atoms with E-state index in [1.807, 2.05) is 12.1 Å². The molecule has 1 aliphatic rings. The third kappa shape index (κ3) is 2.37. The topological polar surface area (TPSA) is 58.7 Å². The lowest BCUT2D eigenvalue weighted by Crippen LogP contribution is -2.20. The summed E-state index contributed by atoms with van der Waals surface area (Å²) in [5.74, 6) is 1.28. The highest BCUT2D eigenvalue weighted by atomic mass is 16.5. The van der Waals surface area contributed by atoms with Gasteiger partial charge in [0.1, 0.15) is 0 Å². The number of nitrogens with two attached hydrogens (primary N) is 1. The van der Waals surface area contributed by atoms with Crippen molar-refractivity contribution in [2.45, 2.75) is 12.5 Å². The van der Waals surface area contributed by atoms with Crippen molar-refractivity contribution in [1.82, 2.24) is 4.90 Å². The first-order chi connectivity index (χ1) is 8.15. The highest BCUT2D eigenvalue weighted by molar-refractivity contribution is 5.42. The normalized spacial score (nSPS) is 25.1. The van der Waals surface area contributed by atoms with E-state index in [0.29, 0.717) is 17.7 Å². The van der Waals surface area contributed by atoms with Crippen LogP contribution in [0.15, 0.2) is 18.2 Å². The quantitative estimate of drug-likeness (QED) is 0.831. The van der Waals surface area contributed by atoms with E-state index in [9.17, 15) is 5.11 Å². The molecule has 1 aromatic carbocycles. The Balaban J connectivity index is 2.22. The molecule has 17 heavy (non-hydrogen) atoms. The Hall–Kier alpha value is -1.26. The Morgan fingerprint density at radius 2 is 2.29 bits per heavy atom. The molecule has 2 atom stereocenters. The van der Waals surface area contributed by atoms with E-state index in [1.165, 1.54) is 5.56 Å². The summed E-state index contributed by atoms with van der Waals surface area (Å²) in [7, 11) is 3.68. The SMILES string of the molecule is COc1cc(C2CC(CN)CN2C)ccc1O. The molecule has 0 radical (unpaired) electrons. The number of hydrogen-bond donors (Lipinski definition) is 2. The van der Waals surface area contributed by atoms with Crippen molar-refractivity contribution in [1.29, 1.82) is 0 Å². The molecule has 4 nitrogen and oxygen atoms in total. The average Bonchev–Trinajstić information content (AvgIpc) is 2.71. The molecule has 3 N–H and O–H groups in total. The predicted octanol–water partition coefficient (Wildman–Crippen LogP) is 1.35. The zero-order valence-corrected chi connectivity index (χ0v) is 10.4. The molecule has 2 rings (SSSR count). The van der Waals surface area contributed by atoms with Gasteiger partial charge in [-0.1, -0.05) is 6.07 Å². The van der Waals surface area contributed by atoms with Crippen LogP contribution in [0.2, 0.25) is 0 Å². The fourth-order valence-electron chi connectivity index (χ4n) is 2.57. The lowest BCUT2D eigenvalue weighted by molar-refractivity contribution is 0.311. The lowest BCUT2D eigenvalue weighted by Gasteiger charge is -2.20. The first kappa shape index (κ1) is 12.2. The van der Waals surface area contributed by atoms with E-state index < -0.39 is 0 Å². The predicted molar refractivity (Wildman–Crippen MR) is 67.2 cm³/mol. The fraction of sp³-hybridized carbons (Fsp3) is 0.538. The molecular weight excluding hydrogens is 216 g/mol. The highest BCUT2D eigenvalue weighted by Gasteiger charge is 2.29. The van der Waals surface area contributed by atoms with Gasteiger partial charge in [-0.15, -0.1) is 0 Å². The number of aromatic hydroxyl groups is 1. The Morgan fingerprint density at radius 3 is 2.88 bits per heavy atom. The number of ether oxygens (including phenoxy) is 1. The van der Waals surface area contributed by atoms with Gasteiger partial charge in [0.25, 0.3) is 0 Å². The third-order valence-corrected chi connectivity index (χ3v) is 3.56. The van der Waals surface area contributed by atoms with Gasteiger partial charge in [0.2, 0.25) is 0 Å². The molecule has 4 heteroatoms. The standard InChI is InChI=1S/C13H20N2O2/c1-15-8-9(7-14)5-11(15)10-3-4-12(16)13(6-10)17-2/h3-4,6,9,11,16H,5,7-8,14H2,1-2H3. The Kier molecular flexibility index (Phi) is 3.54. The van der Waals surface area contributed by atoms with Gasteiger partial charge >= 0.3 is 0 Å². The minimum Gasteiger partial charge on any atom is -0.504 e. The first-order valence-electron chi connectivity index (χ1n) is 5.93. The van der Waals surface area contributed by atoms with E-state index in [2.05, 4.69) is 11.9 Å². The van der Waals surface area contributed by atoms with Crippen molar-refractivity contribution in [2.24, 2.45) is 11.7 Å². The van der Waals surface area contributed by atoms with Gasteiger partial charge in [-0.25, -0.2) is 0 Å². The second-order valence-corrected chi connectivity index (χ2v) is 4.72. The monoisotopic (exact) mass is 236 g/mol. The van der Waals surface area contributed by atoms with Crippen LogP contribution in [0.4, 0.5) is 0 Å². The molecule has 0 saturated carbocycles. The summed E-state index contributed by atoms with van der Waals surface area (Å²) in [6, 6.07) is 5.93. The van der Waals surface area contributed by atoms with Gasteiger partial charge in [0.15, 0.2) is 11.5 Å². The molecule has 2 unspecified atom stereocenters. The Labute approximate surface area is 102 Å². The second-order valence-electron chi connectivity index (χ2n) is 4.72. The molecular formula is C13H20N2O2. The minimum atomic E-state index is 0.187. The number of likely N-dealkylation sites (tertiary alicyclic amines) is 1. The maximum absolute atomic E-state index is 9.58. The van der Waals surface area contributed by atoms with Gasteiger partial charge in [-0.2, -0.15) is 0 Å². The first-order valence-corrected chi connectivity index (χ1v) is 5.93. The van der Waals surface area contributed by atoms with Crippen LogP contribution < -0.4 is 10.5 Å². The summed E-state index contributed by atoms with van der Waals surface area (Å²) in [6.45, 7) is 1.76. The zero-order valence-electron chi connectivity index (χ0n) is 10.4. The van der Waals surface area contributed by atoms with Crippen LogP contribution in [0.3, 0.4) is 0 Å². The largest absolute Gasteiger partial charge is 0.504 e. The number of phenols is 1. The minimum absolute atomic E-state index is 0.187. The van der Waals surface area contributed by atoms with Crippen LogP contribution in [-0.2, 0) is 0 Å². The molecule has 1 aromatic rings. The van der Waals surface area contributed by atoms with Gasteiger partial charge in [-0.05, 0) is 43.6 Å². The molecule has 0 spiro atoms. The van der Waals surface area contributed by atoms with Crippen molar-refractivity contribution in [2.75, 3.05) is 27.2 Å². The fourth-order valence-corrected chi connectivity index (χ4v) is 2.57. The van der Waals surface area contributed by atoms with E-state index in [-0.39, 0.29) is 5.75 Å². The molecule has 0 amide bonds. The van der Waals surface area contributed by atoms with E-state index in [1.54, 1.807) is 13.2 Å². The van der Waals surface area contributed by atoms with E-state index >= 15 is 0 Å². The third-order valence-electron chi connectivity index (χ3n) is 3.56.